The van der Waals surface area contributed by atoms with E-state index in [-0.39, 0.29) is 0 Å². The zero-order valence-corrected chi connectivity index (χ0v) is 8.53. The Morgan fingerprint density at radius 1 is 1.31 bits per heavy atom. The van der Waals surface area contributed by atoms with Crippen LogP contribution in [-0.2, 0) is 0 Å². The molecule has 1 aromatic rings. The number of hydrogen-bond donors (Lipinski definition) is 0. The first-order chi connectivity index (χ1) is 6.33. The molecule has 1 aliphatic rings. The Morgan fingerprint density at radius 3 is 2.62 bits per heavy atom. The van der Waals surface area contributed by atoms with Crippen LogP contribution in [0.1, 0.15) is 38.2 Å². The van der Waals surface area contributed by atoms with Crippen molar-refractivity contribution >= 4 is 0 Å². The second-order valence-corrected chi connectivity index (χ2v) is 4.30. The minimum Gasteiger partial charge on any atom is -0.0651 e. The predicted molar refractivity (Wildman–Crippen MR) is 56.7 cm³/mol. The molecule has 1 fully saturated rings. The van der Waals surface area contributed by atoms with Gasteiger partial charge in [-0.25, -0.2) is 0 Å². The van der Waals surface area contributed by atoms with Gasteiger partial charge >= 0.3 is 0 Å². The third-order valence-corrected chi connectivity index (χ3v) is 3.44. The fraction of sp³-hybridized carbons (Fsp3) is 0.538. The van der Waals surface area contributed by atoms with Crippen LogP contribution < -0.4 is 0 Å². The molecule has 3 atom stereocenters. The highest BCUT2D eigenvalue weighted by Gasteiger charge is 2.40. The zero-order chi connectivity index (χ0) is 9.26. The lowest BCUT2D eigenvalue weighted by Gasteiger charge is -2.06. The van der Waals surface area contributed by atoms with Crippen LogP contribution in [0.4, 0.5) is 0 Å². The molecule has 0 N–H and O–H groups in total. The first kappa shape index (κ1) is 8.80. The normalized spacial score (nSPS) is 28.5. The third kappa shape index (κ3) is 1.77. The molecule has 0 spiro atoms. The molecule has 1 aliphatic carbocycles. The second-order valence-electron chi connectivity index (χ2n) is 4.30. The maximum Gasteiger partial charge on any atom is -0.0128 e. The van der Waals surface area contributed by atoms with E-state index in [2.05, 4.69) is 44.2 Å². The number of rotatable bonds is 3. The van der Waals surface area contributed by atoms with Gasteiger partial charge in [-0.1, -0.05) is 50.6 Å². The van der Waals surface area contributed by atoms with Crippen LogP contribution in [0.2, 0.25) is 0 Å². The van der Waals surface area contributed by atoms with Crippen LogP contribution in [0.15, 0.2) is 30.3 Å². The summed E-state index contributed by atoms with van der Waals surface area (Å²) in [5.41, 5.74) is 1.55. The standard InChI is InChI=1S/C13H18/c1-3-10(2)12-9-13(12)11-7-5-4-6-8-11/h4-8,10,12-13H,3,9H2,1-2H3/t10?,12-,13-/m0/s1. The molecule has 0 bridgehead atoms. The van der Waals surface area contributed by atoms with Crippen molar-refractivity contribution in [1.82, 2.24) is 0 Å². The van der Waals surface area contributed by atoms with Gasteiger partial charge in [-0.2, -0.15) is 0 Å². The Bertz CT molecular complexity index is 263. The predicted octanol–water partition coefficient (Wildman–Crippen LogP) is 3.84. The lowest BCUT2D eigenvalue weighted by molar-refractivity contribution is 0.482. The molecular formula is C13H18. The van der Waals surface area contributed by atoms with Gasteiger partial charge in [-0.3, -0.25) is 0 Å². The van der Waals surface area contributed by atoms with Crippen molar-refractivity contribution in [2.24, 2.45) is 11.8 Å². The maximum atomic E-state index is 2.38. The van der Waals surface area contributed by atoms with E-state index < -0.39 is 0 Å². The molecule has 0 radical (unpaired) electrons. The number of hydrogen-bond acceptors (Lipinski definition) is 0. The van der Waals surface area contributed by atoms with Gasteiger partial charge in [0, 0.05) is 0 Å². The van der Waals surface area contributed by atoms with Crippen LogP contribution >= 0.6 is 0 Å². The highest BCUT2D eigenvalue weighted by Crippen LogP contribution is 2.52. The largest absolute Gasteiger partial charge is 0.0651 e. The van der Waals surface area contributed by atoms with Gasteiger partial charge < -0.3 is 0 Å². The van der Waals surface area contributed by atoms with E-state index in [1.165, 1.54) is 12.8 Å². The van der Waals surface area contributed by atoms with Gasteiger partial charge in [0.25, 0.3) is 0 Å². The summed E-state index contributed by atoms with van der Waals surface area (Å²) in [6.07, 6.45) is 2.74. The van der Waals surface area contributed by atoms with Crippen molar-refractivity contribution in [2.45, 2.75) is 32.6 Å². The monoisotopic (exact) mass is 174 g/mol. The summed E-state index contributed by atoms with van der Waals surface area (Å²) < 4.78 is 0. The first-order valence-corrected chi connectivity index (χ1v) is 5.38. The highest BCUT2D eigenvalue weighted by atomic mass is 14.4. The Labute approximate surface area is 81.0 Å². The summed E-state index contributed by atoms with van der Waals surface area (Å²) >= 11 is 0. The van der Waals surface area contributed by atoms with Crippen molar-refractivity contribution < 1.29 is 0 Å². The average Bonchev–Trinajstić information content (AvgIpc) is 2.98. The minimum atomic E-state index is 0.871. The zero-order valence-electron chi connectivity index (χ0n) is 8.53. The molecule has 1 unspecified atom stereocenters. The van der Waals surface area contributed by atoms with Crippen molar-refractivity contribution in [2.75, 3.05) is 0 Å². The quantitative estimate of drug-likeness (QED) is 0.653. The topological polar surface area (TPSA) is 0 Å². The lowest BCUT2D eigenvalue weighted by Crippen LogP contribution is -1.96. The number of benzene rings is 1. The molecule has 0 nitrogen and oxygen atoms in total. The average molecular weight is 174 g/mol. The van der Waals surface area contributed by atoms with Gasteiger partial charge in [0.1, 0.15) is 0 Å². The summed E-state index contributed by atoms with van der Waals surface area (Å²) in [5.74, 6) is 2.74. The third-order valence-electron chi connectivity index (χ3n) is 3.44. The fourth-order valence-electron chi connectivity index (χ4n) is 2.23. The maximum absolute atomic E-state index is 2.38. The van der Waals surface area contributed by atoms with Crippen LogP contribution in [0, 0.1) is 11.8 Å². The van der Waals surface area contributed by atoms with Gasteiger partial charge in [0.15, 0.2) is 0 Å². The SMILES string of the molecule is CCC(C)[C@@H]1C[C@H]1c1ccccc1. The Hall–Kier alpha value is -0.780. The van der Waals surface area contributed by atoms with E-state index in [1.807, 2.05) is 0 Å². The van der Waals surface area contributed by atoms with Crippen LogP contribution in [-0.4, -0.2) is 0 Å². The summed E-state index contributed by atoms with van der Waals surface area (Å²) in [4.78, 5) is 0. The highest BCUT2D eigenvalue weighted by molar-refractivity contribution is 5.25. The minimum absolute atomic E-state index is 0.871. The molecule has 13 heavy (non-hydrogen) atoms. The Balaban J connectivity index is 2.00. The molecule has 0 aromatic heterocycles. The van der Waals surface area contributed by atoms with Crippen molar-refractivity contribution in [3.63, 3.8) is 0 Å². The molecule has 2 rings (SSSR count). The summed E-state index contributed by atoms with van der Waals surface area (Å²) in [6.45, 7) is 4.68. The van der Waals surface area contributed by atoms with E-state index in [0.29, 0.717) is 0 Å². The summed E-state index contributed by atoms with van der Waals surface area (Å²) in [6, 6.07) is 11.0. The molecule has 1 aromatic carbocycles. The smallest absolute Gasteiger partial charge is 0.0128 e. The van der Waals surface area contributed by atoms with Gasteiger partial charge in [0.2, 0.25) is 0 Å². The first-order valence-electron chi connectivity index (χ1n) is 5.38. The van der Waals surface area contributed by atoms with Crippen LogP contribution in [0.5, 0.6) is 0 Å². The van der Waals surface area contributed by atoms with Crippen LogP contribution in [0.3, 0.4) is 0 Å². The lowest BCUT2D eigenvalue weighted by atomic mass is 9.99. The molecule has 0 saturated heterocycles. The molecule has 0 heterocycles. The molecular weight excluding hydrogens is 156 g/mol. The Morgan fingerprint density at radius 2 is 2.00 bits per heavy atom. The molecule has 0 amide bonds. The van der Waals surface area contributed by atoms with Crippen molar-refractivity contribution in [1.29, 1.82) is 0 Å². The second kappa shape index (κ2) is 3.53. The van der Waals surface area contributed by atoms with Gasteiger partial charge in [-0.05, 0) is 29.7 Å². The summed E-state index contributed by atoms with van der Waals surface area (Å²) in [7, 11) is 0. The van der Waals surface area contributed by atoms with E-state index >= 15 is 0 Å². The van der Waals surface area contributed by atoms with E-state index in [9.17, 15) is 0 Å². The molecule has 0 aliphatic heterocycles. The van der Waals surface area contributed by atoms with E-state index in [1.54, 1.807) is 5.56 Å². The van der Waals surface area contributed by atoms with Crippen LogP contribution in [0.25, 0.3) is 0 Å². The van der Waals surface area contributed by atoms with E-state index in [4.69, 9.17) is 0 Å². The van der Waals surface area contributed by atoms with Gasteiger partial charge in [0.05, 0.1) is 0 Å². The molecule has 1 saturated carbocycles. The molecule has 70 valence electrons. The summed E-state index contributed by atoms with van der Waals surface area (Å²) in [5, 5.41) is 0. The Kier molecular flexibility index (Phi) is 2.39. The van der Waals surface area contributed by atoms with Gasteiger partial charge in [-0.15, -0.1) is 0 Å². The van der Waals surface area contributed by atoms with Crippen molar-refractivity contribution in [3.05, 3.63) is 35.9 Å². The fourth-order valence-corrected chi connectivity index (χ4v) is 2.23. The molecule has 0 heteroatoms. The van der Waals surface area contributed by atoms with E-state index in [0.717, 1.165) is 17.8 Å². The van der Waals surface area contributed by atoms with Crippen molar-refractivity contribution in [3.8, 4) is 0 Å².